The van der Waals surface area contributed by atoms with Gasteiger partial charge in [0.15, 0.2) is 0 Å². The molecule has 1 aliphatic heterocycles. The van der Waals surface area contributed by atoms with Crippen LogP contribution in [-0.2, 0) is 14.3 Å². The highest BCUT2D eigenvalue weighted by atomic mass is 16.5. The number of hydrogen-bond acceptors (Lipinski definition) is 4. The van der Waals surface area contributed by atoms with Gasteiger partial charge >= 0.3 is 5.97 Å². The van der Waals surface area contributed by atoms with E-state index in [9.17, 15) is 9.59 Å². The standard InChI is InChI=1S/C9H16N2O3/c1-14-8(12)4-6-11-5-2-3-7(10)9(11)13/h7H,2-6,10H2,1H3. The van der Waals surface area contributed by atoms with Crippen LogP contribution in [0, 0.1) is 0 Å². The maximum Gasteiger partial charge on any atom is 0.307 e. The fraction of sp³-hybridized carbons (Fsp3) is 0.778. The van der Waals surface area contributed by atoms with Crippen LogP contribution in [0.3, 0.4) is 0 Å². The molecule has 1 unspecified atom stereocenters. The van der Waals surface area contributed by atoms with Gasteiger partial charge in [-0.2, -0.15) is 0 Å². The lowest BCUT2D eigenvalue weighted by Crippen LogP contribution is -2.48. The van der Waals surface area contributed by atoms with Crippen LogP contribution in [-0.4, -0.2) is 43.0 Å². The first-order valence-corrected chi connectivity index (χ1v) is 4.76. The van der Waals surface area contributed by atoms with Crippen LogP contribution in [0.5, 0.6) is 0 Å². The van der Waals surface area contributed by atoms with E-state index in [-0.39, 0.29) is 24.3 Å². The van der Waals surface area contributed by atoms with Crippen LogP contribution < -0.4 is 5.73 Å². The van der Waals surface area contributed by atoms with E-state index in [1.165, 1.54) is 7.11 Å². The number of rotatable bonds is 3. The van der Waals surface area contributed by atoms with Crippen LogP contribution in [0.1, 0.15) is 19.3 Å². The number of carbonyl (C=O) groups excluding carboxylic acids is 2. The molecule has 1 aliphatic rings. The SMILES string of the molecule is COC(=O)CCN1CCCC(N)C1=O. The van der Waals surface area contributed by atoms with Crippen molar-refractivity contribution in [2.45, 2.75) is 25.3 Å². The van der Waals surface area contributed by atoms with Gasteiger partial charge in [0.2, 0.25) is 5.91 Å². The monoisotopic (exact) mass is 200 g/mol. The van der Waals surface area contributed by atoms with Crippen molar-refractivity contribution in [3.63, 3.8) is 0 Å². The molecule has 0 aliphatic carbocycles. The number of carbonyl (C=O) groups is 2. The molecule has 1 atom stereocenters. The Morgan fingerprint density at radius 1 is 1.71 bits per heavy atom. The van der Waals surface area contributed by atoms with E-state index >= 15 is 0 Å². The van der Waals surface area contributed by atoms with Crippen LogP contribution in [0.2, 0.25) is 0 Å². The Bertz CT molecular complexity index is 230. The van der Waals surface area contributed by atoms with Crippen molar-refractivity contribution < 1.29 is 14.3 Å². The summed E-state index contributed by atoms with van der Waals surface area (Å²) in [6.07, 6.45) is 1.90. The largest absolute Gasteiger partial charge is 0.469 e. The lowest BCUT2D eigenvalue weighted by atomic mass is 10.1. The van der Waals surface area contributed by atoms with Crippen LogP contribution in [0.25, 0.3) is 0 Å². The van der Waals surface area contributed by atoms with Gasteiger partial charge in [-0.3, -0.25) is 9.59 Å². The average molecular weight is 200 g/mol. The number of piperidine rings is 1. The molecule has 2 N–H and O–H groups in total. The van der Waals surface area contributed by atoms with Gasteiger partial charge in [-0.15, -0.1) is 0 Å². The molecule has 1 rings (SSSR count). The first kappa shape index (κ1) is 11.0. The molecule has 80 valence electrons. The van der Waals surface area contributed by atoms with Crippen molar-refractivity contribution in [1.29, 1.82) is 0 Å². The highest BCUT2D eigenvalue weighted by Gasteiger charge is 2.25. The molecule has 0 aromatic heterocycles. The molecule has 1 heterocycles. The first-order valence-electron chi connectivity index (χ1n) is 4.76. The maximum atomic E-state index is 11.5. The summed E-state index contributed by atoms with van der Waals surface area (Å²) >= 11 is 0. The molecule has 5 nitrogen and oxygen atoms in total. The van der Waals surface area contributed by atoms with E-state index in [1.807, 2.05) is 0 Å². The van der Waals surface area contributed by atoms with Gasteiger partial charge in [0.05, 0.1) is 19.6 Å². The predicted octanol–water partition coefficient (Wildman–Crippen LogP) is -0.501. The van der Waals surface area contributed by atoms with Crippen molar-refractivity contribution in [2.24, 2.45) is 5.73 Å². The Hall–Kier alpha value is -1.10. The molecule has 1 amide bonds. The lowest BCUT2D eigenvalue weighted by Gasteiger charge is -2.30. The highest BCUT2D eigenvalue weighted by molar-refractivity contribution is 5.82. The van der Waals surface area contributed by atoms with Gasteiger partial charge in [0, 0.05) is 13.1 Å². The molecule has 1 saturated heterocycles. The van der Waals surface area contributed by atoms with Crippen LogP contribution >= 0.6 is 0 Å². The Morgan fingerprint density at radius 2 is 2.43 bits per heavy atom. The maximum absolute atomic E-state index is 11.5. The number of nitrogens with zero attached hydrogens (tertiary/aromatic N) is 1. The van der Waals surface area contributed by atoms with Crippen LogP contribution in [0.15, 0.2) is 0 Å². The minimum Gasteiger partial charge on any atom is -0.469 e. The number of methoxy groups -OCH3 is 1. The average Bonchev–Trinajstić information content (AvgIpc) is 2.20. The summed E-state index contributed by atoms with van der Waals surface area (Å²) in [5.41, 5.74) is 5.60. The summed E-state index contributed by atoms with van der Waals surface area (Å²) in [7, 11) is 1.34. The quantitative estimate of drug-likeness (QED) is 0.623. The molecule has 0 saturated carbocycles. The van der Waals surface area contributed by atoms with Crippen molar-refractivity contribution in [1.82, 2.24) is 4.90 Å². The number of ether oxygens (including phenoxy) is 1. The third-order valence-electron chi connectivity index (χ3n) is 2.39. The molecular weight excluding hydrogens is 184 g/mol. The zero-order valence-corrected chi connectivity index (χ0v) is 8.36. The van der Waals surface area contributed by atoms with E-state index < -0.39 is 0 Å². The van der Waals surface area contributed by atoms with Crippen molar-refractivity contribution in [3.8, 4) is 0 Å². The summed E-state index contributed by atoms with van der Waals surface area (Å²) < 4.78 is 4.50. The van der Waals surface area contributed by atoms with E-state index in [2.05, 4.69) is 4.74 Å². The Kier molecular flexibility index (Phi) is 3.88. The molecular formula is C9H16N2O3. The summed E-state index contributed by atoms with van der Waals surface area (Å²) in [4.78, 5) is 24.0. The van der Waals surface area contributed by atoms with E-state index in [1.54, 1.807) is 4.90 Å². The zero-order valence-electron chi connectivity index (χ0n) is 8.36. The number of esters is 1. The topological polar surface area (TPSA) is 72.6 Å². The number of likely N-dealkylation sites (tertiary alicyclic amines) is 1. The molecule has 0 radical (unpaired) electrons. The fourth-order valence-corrected chi connectivity index (χ4v) is 1.52. The molecule has 0 aromatic rings. The van der Waals surface area contributed by atoms with Crippen molar-refractivity contribution in [2.75, 3.05) is 20.2 Å². The summed E-state index contributed by atoms with van der Waals surface area (Å²) in [5, 5.41) is 0. The summed E-state index contributed by atoms with van der Waals surface area (Å²) in [6, 6.07) is -0.388. The van der Waals surface area contributed by atoms with E-state index in [4.69, 9.17) is 5.73 Å². The Morgan fingerprint density at radius 3 is 3.07 bits per heavy atom. The van der Waals surface area contributed by atoms with Gasteiger partial charge in [-0.1, -0.05) is 0 Å². The molecule has 5 heteroatoms. The Balaban J connectivity index is 2.36. The number of hydrogen-bond donors (Lipinski definition) is 1. The minimum absolute atomic E-state index is 0.0554. The third-order valence-corrected chi connectivity index (χ3v) is 2.39. The van der Waals surface area contributed by atoms with Gasteiger partial charge in [-0.05, 0) is 12.8 Å². The molecule has 1 fully saturated rings. The van der Waals surface area contributed by atoms with Gasteiger partial charge < -0.3 is 15.4 Å². The molecule has 0 aromatic carbocycles. The zero-order chi connectivity index (χ0) is 10.6. The second-order valence-corrected chi connectivity index (χ2v) is 3.40. The number of amides is 1. The van der Waals surface area contributed by atoms with Gasteiger partial charge in [0.25, 0.3) is 0 Å². The molecule has 0 bridgehead atoms. The van der Waals surface area contributed by atoms with Crippen molar-refractivity contribution >= 4 is 11.9 Å². The fourth-order valence-electron chi connectivity index (χ4n) is 1.52. The summed E-state index contributed by atoms with van der Waals surface area (Å²) in [6.45, 7) is 1.11. The smallest absolute Gasteiger partial charge is 0.307 e. The highest BCUT2D eigenvalue weighted by Crippen LogP contribution is 2.10. The summed E-state index contributed by atoms with van der Waals surface area (Å²) in [5.74, 6) is -0.350. The lowest BCUT2D eigenvalue weighted by molar-refractivity contribution is -0.142. The Labute approximate surface area is 83.2 Å². The van der Waals surface area contributed by atoms with Gasteiger partial charge in [0.1, 0.15) is 0 Å². The molecule has 0 spiro atoms. The third kappa shape index (κ3) is 2.70. The second-order valence-electron chi connectivity index (χ2n) is 3.40. The van der Waals surface area contributed by atoms with Crippen LogP contribution in [0.4, 0.5) is 0 Å². The second kappa shape index (κ2) is 4.95. The first-order chi connectivity index (χ1) is 6.65. The normalized spacial score (nSPS) is 22.3. The predicted molar refractivity (Wildman–Crippen MR) is 50.4 cm³/mol. The number of nitrogens with two attached hydrogens (primary N) is 1. The molecule has 14 heavy (non-hydrogen) atoms. The van der Waals surface area contributed by atoms with Crippen molar-refractivity contribution in [3.05, 3.63) is 0 Å². The van der Waals surface area contributed by atoms with E-state index in [0.717, 1.165) is 12.8 Å². The minimum atomic E-state index is -0.388. The van der Waals surface area contributed by atoms with Gasteiger partial charge in [-0.25, -0.2) is 0 Å². The van der Waals surface area contributed by atoms with E-state index in [0.29, 0.717) is 13.1 Å².